The van der Waals surface area contributed by atoms with E-state index in [4.69, 9.17) is 11.6 Å². The molecule has 0 aromatic heterocycles. The molecule has 4 rings (SSSR count). The van der Waals surface area contributed by atoms with E-state index in [1.807, 2.05) is 54.6 Å². The van der Waals surface area contributed by atoms with E-state index in [0.29, 0.717) is 27.5 Å². The van der Waals surface area contributed by atoms with Gasteiger partial charge in [-0.05, 0) is 54.0 Å². The Kier molecular flexibility index (Phi) is 5.21. The molecular weight excluding hydrogens is 400 g/mol. The third-order valence-electron chi connectivity index (χ3n) is 4.88. The van der Waals surface area contributed by atoms with Crippen molar-refractivity contribution in [1.82, 2.24) is 0 Å². The molecule has 5 nitrogen and oxygen atoms in total. The lowest BCUT2D eigenvalue weighted by Crippen LogP contribution is -2.25. The number of nitrogens with zero attached hydrogens (tertiary/aromatic N) is 2. The van der Waals surface area contributed by atoms with Crippen molar-refractivity contribution in [2.75, 3.05) is 4.90 Å². The number of carbonyl (C=O) groups is 1. The van der Waals surface area contributed by atoms with Crippen LogP contribution in [0.1, 0.15) is 16.7 Å². The summed E-state index contributed by atoms with van der Waals surface area (Å²) in [5.41, 5.74) is 4.18. The Bertz CT molecular complexity index is 1200. The minimum absolute atomic E-state index is 0.0139. The second kappa shape index (κ2) is 7.97. The van der Waals surface area contributed by atoms with E-state index in [1.165, 1.54) is 12.1 Å². The van der Waals surface area contributed by atoms with Gasteiger partial charge in [-0.2, -0.15) is 0 Å². The fourth-order valence-electron chi connectivity index (χ4n) is 3.42. The molecule has 1 aliphatic rings. The number of hydrogen-bond donors (Lipinski definition) is 0. The highest BCUT2D eigenvalue weighted by Gasteiger charge is 2.31. The Labute approximate surface area is 178 Å². The Morgan fingerprint density at radius 1 is 1.00 bits per heavy atom. The highest BCUT2D eigenvalue weighted by molar-refractivity contribution is 6.30. The second-order valence-corrected chi connectivity index (χ2v) is 7.35. The van der Waals surface area contributed by atoms with E-state index in [1.54, 1.807) is 30.0 Å². The zero-order chi connectivity index (χ0) is 21.3. The highest BCUT2D eigenvalue weighted by atomic mass is 35.5. The molecule has 1 heterocycles. The largest absolute Gasteiger partial charge is 0.276 e. The maximum absolute atomic E-state index is 13.4. The molecule has 30 heavy (non-hydrogen) atoms. The SMILES string of the molecule is Cc1cc([N+](=O)[O-])ccc1N1C(=O)/C(=C/c2ccccc2)C=C1c1ccc(Cl)cc1. The van der Waals surface area contributed by atoms with Gasteiger partial charge in [0.15, 0.2) is 0 Å². The van der Waals surface area contributed by atoms with E-state index < -0.39 is 4.92 Å². The van der Waals surface area contributed by atoms with Crippen LogP contribution in [0.4, 0.5) is 11.4 Å². The number of amides is 1. The van der Waals surface area contributed by atoms with Crippen molar-refractivity contribution in [3.8, 4) is 0 Å². The zero-order valence-electron chi connectivity index (χ0n) is 16.1. The number of aryl methyl sites for hydroxylation is 1. The molecule has 3 aromatic rings. The first-order chi connectivity index (χ1) is 14.4. The fraction of sp³-hybridized carbons (Fsp3) is 0.0417. The highest BCUT2D eigenvalue weighted by Crippen LogP contribution is 2.38. The van der Waals surface area contributed by atoms with Crippen molar-refractivity contribution in [3.63, 3.8) is 0 Å². The van der Waals surface area contributed by atoms with Crippen molar-refractivity contribution in [3.05, 3.63) is 116 Å². The van der Waals surface area contributed by atoms with Gasteiger partial charge in [0.2, 0.25) is 0 Å². The van der Waals surface area contributed by atoms with Crippen LogP contribution >= 0.6 is 11.6 Å². The number of nitro benzene ring substituents is 1. The van der Waals surface area contributed by atoms with Crippen molar-refractivity contribution < 1.29 is 9.72 Å². The summed E-state index contributed by atoms with van der Waals surface area (Å²) in [5.74, 6) is -0.194. The molecule has 148 valence electrons. The lowest BCUT2D eigenvalue weighted by molar-refractivity contribution is -0.384. The quantitative estimate of drug-likeness (QED) is 0.296. The van der Waals surface area contributed by atoms with Gasteiger partial charge in [-0.3, -0.25) is 19.8 Å². The van der Waals surface area contributed by atoms with Gasteiger partial charge in [0.1, 0.15) is 0 Å². The van der Waals surface area contributed by atoms with Gasteiger partial charge in [0.25, 0.3) is 11.6 Å². The molecule has 6 heteroatoms. The van der Waals surface area contributed by atoms with E-state index in [-0.39, 0.29) is 11.6 Å². The summed E-state index contributed by atoms with van der Waals surface area (Å²) in [5, 5.41) is 11.7. The summed E-state index contributed by atoms with van der Waals surface area (Å²) in [6.45, 7) is 1.76. The number of non-ortho nitro benzene ring substituents is 1. The summed E-state index contributed by atoms with van der Waals surface area (Å²) in [4.78, 5) is 25.6. The molecule has 0 unspecified atom stereocenters. The van der Waals surface area contributed by atoms with Crippen LogP contribution in [0.2, 0.25) is 5.02 Å². The molecule has 0 atom stereocenters. The van der Waals surface area contributed by atoms with E-state index in [2.05, 4.69) is 0 Å². The maximum atomic E-state index is 13.4. The van der Waals surface area contributed by atoms with E-state index >= 15 is 0 Å². The van der Waals surface area contributed by atoms with Gasteiger partial charge >= 0.3 is 0 Å². The molecule has 1 aliphatic heterocycles. The van der Waals surface area contributed by atoms with Crippen molar-refractivity contribution in [1.29, 1.82) is 0 Å². The molecular formula is C24H17ClN2O3. The van der Waals surface area contributed by atoms with Crippen LogP contribution < -0.4 is 4.90 Å². The first-order valence-electron chi connectivity index (χ1n) is 9.28. The standard InChI is InChI=1S/C24H17ClN2O3/c1-16-13-21(27(29)30)11-12-22(16)26-23(18-7-9-20(25)10-8-18)15-19(24(26)28)14-17-5-3-2-4-6-17/h2-15H,1H3/b19-14+. The van der Waals surface area contributed by atoms with Gasteiger partial charge in [0, 0.05) is 22.7 Å². The molecule has 0 fully saturated rings. The van der Waals surface area contributed by atoms with Crippen LogP contribution in [0.25, 0.3) is 11.8 Å². The minimum Gasteiger partial charge on any atom is -0.276 e. The number of halogens is 1. The molecule has 0 spiro atoms. The predicted molar refractivity (Wildman–Crippen MR) is 119 cm³/mol. The zero-order valence-corrected chi connectivity index (χ0v) is 16.8. The number of anilines is 1. The molecule has 3 aromatic carbocycles. The first kappa shape index (κ1) is 19.6. The van der Waals surface area contributed by atoms with Crippen LogP contribution in [0.15, 0.2) is 84.4 Å². The summed E-state index contributed by atoms with van der Waals surface area (Å²) in [7, 11) is 0. The Balaban J connectivity index is 1.84. The average Bonchev–Trinajstić information content (AvgIpc) is 3.05. The lowest BCUT2D eigenvalue weighted by Gasteiger charge is -2.22. The van der Waals surface area contributed by atoms with Gasteiger partial charge in [0.05, 0.1) is 16.3 Å². The normalized spacial score (nSPS) is 14.9. The third kappa shape index (κ3) is 3.75. The fourth-order valence-corrected chi connectivity index (χ4v) is 3.55. The summed E-state index contributed by atoms with van der Waals surface area (Å²) in [6.07, 6.45) is 3.67. The van der Waals surface area contributed by atoms with Crippen LogP contribution in [0, 0.1) is 17.0 Å². The summed E-state index contributed by atoms with van der Waals surface area (Å²) < 4.78 is 0. The smallest absolute Gasteiger partial charge is 0.269 e. The Morgan fingerprint density at radius 3 is 2.33 bits per heavy atom. The van der Waals surface area contributed by atoms with Gasteiger partial charge in [-0.15, -0.1) is 0 Å². The van der Waals surface area contributed by atoms with Crippen LogP contribution in [0.3, 0.4) is 0 Å². The third-order valence-corrected chi connectivity index (χ3v) is 5.13. The topological polar surface area (TPSA) is 63.5 Å². The molecule has 0 radical (unpaired) electrons. The van der Waals surface area contributed by atoms with Gasteiger partial charge < -0.3 is 0 Å². The minimum atomic E-state index is -0.445. The Morgan fingerprint density at radius 2 is 1.70 bits per heavy atom. The Hall–Kier alpha value is -3.70. The predicted octanol–water partition coefficient (Wildman–Crippen LogP) is 6.03. The van der Waals surface area contributed by atoms with Crippen molar-refractivity contribution in [2.45, 2.75) is 6.92 Å². The van der Waals surface area contributed by atoms with Crippen LogP contribution in [-0.4, -0.2) is 10.8 Å². The monoisotopic (exact) mass is 416 g/mol. The van der Waals surface area contributed by atoms with Crippen molar-refractivity contribution >= 4 is 40.7 Å². The molecule has 0 saturated carbocycles. The second-order valence-electron chi connectivity index (χ2n) is 6.92. The van der Waals surface area contributed by atoms with E-state index in [9.17, 15) is 14.9 Å². The summed E-state index contributed by atoms with van der Waals surface area (Å²) >= 11 is 6.03. The molecule has 0 aliphatic carbocycles. The average molecular weight is 417 g/mol. The molecule has 1 amide bonds. The molecule has 0 bridgehead atoms. The summed E-state index contributed by atoms with van der Waals surface area (Å²) in [6, 6.07) is 21.3. The number of benzene rings is 3. The van der Waals surface area contributed by atoms with Crippen LogP contribution in [0.5, 0.6) is 0 Å². The number of nitro groups is 1. The number of hydrogen-bond acceptors (Lipinski definition) is 3. The van der Waals surface area contributed by atoms with Crippen molar-refractivity contribution in [2.24, 2.45) is 0 Å². The first-order valence-corrected chi connectivity index (χ1v) is 9.66. The maximum Gasteiger partial charge on any atom is 0.269 e. The van der Waals surface area contributed by atoms with Gasteiger partial charge in [-0.1, -0.05) is 54.1 Å². The van der Waals surface area contributed by atoms with Crippen LogP contribution in [-0.2, 0) is 4.79 Å². The number of carbonyl (C=O) groups excluding carboxylic acids is 1. The molecule has 0 saturated heterocycles. The molecule has 0 N–H and O–H groups in total. The lowest BCUT2D eigenvalue weighted by atomic mass is 10.1. The number of rotatable bonds is 4. The van der Waals surface area contributed by atoms with Gasteiger partial charge in [-0.25, -0.2) is 0 Å². The van der Waals surface area contributed by atoms with E-state index in [0.717, 1.165) is 11.1 Å².